The van der Waals surface area contributed by atoms with E-state index in [0.29, 0.717) is 16.7 Å². The minimum atomic E-state index is -0.250. The molecule has 30 heavy (non-hydrogen) atoms. The summed E-state index contributed by atoms with van der Waals surface area (Å²) < 4.78 is 6.07. The molecule has 1 amide bonds. The Morgan fingerprint density at radius 1 is 0.833 bits per heavy atom. The minimum absolute atomic E-state index is 0.250. The first-order chi connectivity index (χ1) is 14.4. The molecule has 4 rings (SSSR count). The third-order valence-corrected chi connectivity index (χ3v) is 5.12. The van der Waals surface area contributed by atoms with Crippen molar-refractivity contribution in [2.75, 3.05) is 5.32 Å². The molecule has 4 aromatic rings. The monoisotopic (exact) mass is 396 g/mol. The van der Waals surface area contributed by atoms with Crippen molar-refractivity contribution in [3.05, 3.63) is 100 Å². The molecule has 3 aromatic carbocycles. The number of fused-ring (bicyclic) bond motifs is 1. The van der Waals surface area contributed by atoms with Crippen LogP contribution in [0.4, 0.5) is 11.4 Å². The molecule has 0 spiro atoms. The van der Waals surface area contributed by atoms with Gasteiger partial charge in [-0.25, -0.2) is 4.99 Å². The second-order valence-corrected chi connectivity index (χ2v) is 7.68. The van der Waals surface area contributed by atoms with Gasteiger partial charge in [0.25, 0.3) is 5.91 Å². The number of carbonyl (C=O) groups excluding carboxylic acids is 1. The van der Waals surface area contributed by atoms with E-state index in [9.17, 15) is 4.79 Å². The summed E-state index contributed by atoms with van der Waals surface area (Å²) >= 11 is 0. The van der Waals surface area contributed by atoms with Crippen LogP contribution in [-0.2, 0) is 0 Å². The van der Waals surface area contributed by atoms with Gasteiger partial charge in [0.05, 0.1) is 5.69 Å². The maximum atomic E-state index is 13.2. The van der Waals surface area contributed by atoms with Gasteiger partial charge in [0.15, 0.2) is 0 Å². The van der Waals surface area contributed by atoms with Crippen molar-refractivity contribution < 1.29 is 9.21 Å². The topological polar surface area (TPSA) is 54.6 Å². The Hall–Kier alpha value is -3.66. The van der Waals surface area contributed by atoms with Gasteiger partial charge in [-0.2, -0.15) is 0 Å². The predicted octanol–water partition coefficient (Wildman–Crippen LogP) is 6.15. The second-order valence-electron chi connectivity index (χ2n) is 7.68. The van der Waals surface area contributed by atoms with Crippen LogP contribution in [0, 0.1) is 27.7 Å². The molecule has 150 valence electrons. The summed E-state index contributed by atoms with van der Waals surface area (Å²) in [7, 11) is 0. The summed E-state index contributed by atoms with van der Waals surface area (Å²) in [5.41, 5.74) is 7.21. The van der Waals surface area contributed by atoms with Crippen molar-refractivity contribution in [2.45, 2.75) is 27.7 Å². The molecule has 1 aromatic heterocycles. The highest BCUT2D eigenvalue weighted by molar-refractivity contribution is 6.05. The molecule has 0 unspecified atom stereocenters. The predicted molar refractivity (Wildman–Crippen MR) is 121 cm³/mol. The van der Waals surface area contributed by atoms with Crippen LogP contribution in [0.25, 0.3) is 11.0 Å². The molecule has 0 saturated carbocycles. The molecule has 0 fully saturated rings. The van der Waals surface area contributed by atoms with Crippen LogP contribution in [0.3, 0.4) is 0 Å². The van der Waals surface area contributed by atoms with Crippen LogP contribution in [-0.4, -0.2) is 5.91 Å². The third-order valence-electron chi connectivity index (χ3n) is 5.12. The van der Waals surface area contributed by atoms with Gasteiger partial charge < -0.3 is 9.73 Å². The summed E-state index contributed by atoms with van der Waals surface area (Å²) in [4.78, 5) is 18.0. The smallest absolute Gasteiger partial charge is 0.261 e. The fourth-order valence-corrected chi connectivity index (χ4v) is 3.41. The molecule has 1 N–H and O–H groups in total. The average molecular weight is 396 g/mol. The summed E-state index contributed by atoms with van der Waals surface area (Å²) in [5.74, 6) is -0.250. The standard InChI is InChI=1S/C26H24N2O2/c1-16-10-12-22(19(4)13-16)27-25(29)21-15-20-7-5-6-8-24(20)30-26(21)28-23-14-17(2)9-11-18(23)3/h5-15H,1-4H3,(H,27,29). The molecular formula is C26H24N2O2. The quantitative estimate of drug-likeness (QED) is 0.451. The summed E-state index contributed by atoms with van der Waals surface area (Å²) in [6.07, 6.45) is 0. The van der Waals surface area contributed by atoms with Crippen molar-refractivity contribution in [3.8, 4) is 0 Å². The number of para-hydroxylation sites is 1. The maximum absolute atomic E-state index is 13.2. The Labute approximate surface area is 175 Å². The lowest BCUT2D eigenvalue weighted by molar-refractivity contribution is 0.102. The molecule has 0 atom stereocenters. The lowest BCUT2D eigenvalue weighted by Gasteiger charge is -2.10. The SMILES string of the molecule is Cc1ccc(NC(=O)c2cc3ccccc3oc2=Nc2cc(C)ccc2C)c(C)c1. The molecule has 1 heterocycles. The Morgan fingerprint density at radius 2 is 1.57 bits per heavy atom. The highest BCUT2D eigenvalue weighted by atomic mass is 16.3. The molecular weight excluding hydrogens is 372 g/mol. The Morgan fingerprint density at radius 3 is 2.37 bits per heavy atom. The number of carbonyl (C=O) groups is 1. The number of amides is 1. The van der Waals surface area contributed by atoms with E-state index in [4.69, 9.17) is 9.41 Å². The fourth-order valence-electron chi connectivity index (χ4n) is 3.41. The lowest BCUT2D eigenvalue weighted by atomic mass is 10.1. The van der Waals surface area contributed by atoms with Crippen LogP contribution in [0.1, 0.15) is 32.6 Å². The van der Waals surface area contributed by atoms with Gasteiger partial charge in [-0.05, 0) is 68.7 Å². The van der Waals surface area contributed by atoms with Crippen molar-refractivity contribution >= 4 is 28.3 Å². The maximum Gasteiger partial charge on any atom is 0.261 e. The first-order valence-corrected chi connectivity index (χ1v) is 9.94. The molecule has 0 aliphatic carbocycles. The van der Waals surface area contributed by atoms with Gasteiger partial charge in [-0.1, -0.05) is 48.0 Å². The number of hydrogen-bond donors (Lipinski definition) is 1. The lowest BCUT2D eigenvalue weighted by Crippen LogP contribution is -2.22. The van der Waals surface area contributed by atoms with Gasteiger partial charge in [-0.15, -0.1) is 0 Å². The van der Waals surface area contributed by atoms with Crippen LogP contribution in [0.2, 0.25) is 0 Å². The molecule has 0 aliphatic heterocycles. The van der Waals surface area contributed by atoms with Crippen molar-refractivity contribution in [3.63, 3.8) is 0 Å². The number of nitrogens with one attached hydrogen (secondary N) is 1. The first-order valence-electron chi connectivity index (χ1n) is 9.94. The van der Waals surface area contributed by atoms with Crippen molar-refractivity contribution in [1.82, 2.24) is 0 Å². The van der Waals surface area contributed by atoms with Crippen LogP contribution in [0.5, 0.6) is 0 Å². The molecule has 0 radical (unpaired) electrons. The first kappa shape index (κ1) is 19.6. The molecule has 0 aliphatic rings. The zero-order chi connectivity index (χ0) is 21.3. The van der Waals surface area contributed by atoms with E-state index < -0.39 is 0 Å². The largest absolute Gasteiger partial charge is 0.438 e. The van der Waals surface area contributed by atoms with Gasteiger partial charge in [0.2, 0.25) is 5.55 Å². The van der Waals surface area contributed by atoms with E-state index in [1.165, 1.54) is 0 Å². The van der Waals surface area contributed by atoms with E-state index >= 15 is 0 Å². The number of rotatable bonds is 3. The Bertz CT molecular complexity index is 1330. The highest BCUT2D eigenvalue weighted by Gasteiger charge is 2.14. The molecule has 0 saturated heterocycles. The van der Waals surface area contributed by atoms with Crippen LogP contribution in [0.15, 0.2) is 76.1 Å². The van der Waals surface area contributed by atoms with E-state index in [2.05, 4.69) is 5.32 Å². The molecule has 4 heteroatoms. The zero-order valence-electron chi connectivity index (χ0n) is 17.6. The number of hydrogen-bond acceptors (Lipinski definition) is 3. The van der Waals surface area contributed by atoms with Gasteiger partial charge in [0.1, 0.15) is 11.1 Å². The Kier molecular flexibility index (Phi) is 5.23. The minimum Gasteiger partial charge on any atom is -0.438 e. The van der Waals surface area contributed by atoms with Crippen LogP contribution < -0.4 is 10.9 Å². The number of anilines is 1. The molecule has 4 nitrogen and oxygen atoms in total. The second kappa shape index (κ2) is 7.99. The van der Waals surface area contributed by atoms with Crippen molar-refractivity contribution in [2.24, 2.45) is 4.99 Å². The van der Waals surface area contributed by atoms with E-state index in [0.717, 1.165) is 39.0 Å². The summed E-state index contributed by atoms with van der Waals surface area (Å²) in [6.45, 7) is 8.02. The normalized spacial score (nSPS) is 11.7. The van der Waals surface area contributed by atoms with Crippen molar-refractivity contribution in [1.29, 1.82) is 0 Å². The van der Waals surface area contributed by atoms with Crippen LogP contribution >= 0.6 is 0 Å². The number of aryl methyl sites for hydroxylation is 4. The summed E-state index contributed by atoms with van der Waals surface area (Å²) in [5, 5.41) is 3.86. The van der Waals surface area contributed by atoms with E-state index in [1.807, 2.05) is 94.4 Å². The summed E-state index contributed by atoms with van der Waals surface area (Å²) in [6, 6.07) is 21.5. The Balaban J connectivity index is 1.87. The average Bonchev–Trinajstić information content (AvgIpc) is 2.72. The van der Waals surface area contributed by atoms with E-state index in [1.54, 1.807) is 0 Å². The van der Waals surface area contributed by atoms with Gasteiger partial charge in [-0.3, -0.25) is 4.79 Å². The highest BCUT2D eigenvalue weighted by Crippen LogP contribution is 2.21. The molecule has 0 bridgehead atoms. The fraction of sp³-hybridized carbons (Fsp3) is 0.154. The van der Waals surface area contributed by atoms with Gasteiger partial charge in [0, 0.05) is 11.1 Å². The van der Waals surface area contributed by atoms with E-state index in [-0.39, 0.29) is 5.91 Å². The zero-order valence-corrected chi connectivity index (χ0v) is 17.6. The number of benzene rings is 3. The third kappa shape index (κ3) is 4.03. The van der Waals surface area contributed by atoms with Gasteiger partial charge >= 0.3 is 0 Å². The number of nitrogens with zero attached hydrogens (tertiary/aromatic N) is 1.